The Labute approximate surface area is 327 Å². The van der Waals surface area contributed by atoms with Gasteiger partial charge in [-0.3, -0.25) is 0 Å². The Balaban J connectivity index is 1.09. The van der Waals surface area contributed by atoms with Crippen molar-refractivity contribution in [3.8, 4) is 27.9 Å². The number of thiophene rings is 1. The molecule has 11 aromatic rings. The lowest BCUT2D eigenvalue weighted by Crippen LogP contribution is -2.13. The van der Waals surface area contributed by atoms with Crippen LogP contribution in [0.5, 0.6) is 0 Å². The highest BCUT2D eigenvalue weighted by molar-refractivity contribution is 7.26. The first-order chi connectivity index (χ1) is 27.7. The Bertz CT molecular complexity index is 3270. The van der Waals surface area contributed by atoms with Crippen LogP contribution in [0.4, 0.5) is 21.5 Å². The van der Waals surface area contributed by atoms with Gasteiger partial charge >= 0.3 is 0 Å². The van der Waals surface area contributed by atoms with Crippen molar-refractivity contribution < 1.29 is 4.39 Å². The van der Waals surface area contributed by atoms with Crippen LogP contribution in [0, 0.1) is 5.82 Å². The van der Waals surface area contributed by atoms with Crippen molar-refractivity contribution in [2.75, 3.05) is 4.90 Å². The minimum atomic E-state index is -0.222. The van der Waals surface area contributed by atoms with E-state index in [1.54, 1.807) is 12.1 Å². The average molecular weight is 737 g/mol. The van der Waals surface area contributed by atoms with E-state index in [0.717, 1.165) is 44.7 Å². The molecule has 2 nitrogen and oxygen atoms in total. The minimum absolute atomic E-state index is 0.222. The number of aromatic nitrogens is 1. The van der Waals surface area contributed by atoms with Gasteiger partial charge in [0.25, 0.3) is 0 Å². The highest BCUT2D eigenvalue weighted by atomic mass is 32.1. The zero-order valence-corrected chi connectivity index (χ0v) is 31.0. The van der Waals surface area contributed by atoms with Gasteiger partial charge in [0.2, 0.25) is 0 Å². The number of nitrogens with zero attached hydrogens (tertiary/aromatic N) is 2. The smallest absolute Gasteiger partial charge is 0.133 e. The third kappa shape index (κ3) is 5.22. The molecule has 0 N–H and O–H groups in total. The molecule has 0 fully saturated rings. The third-order valence-electron chi connectivity index (χ3n) is 11.1. The van der Waals surface area contributed by atoms with E-state index < -0.39 is 0 Å². The van der Waals surface area contributed by atoms with Gasteiger partial charge < -0.3 is 9.47 Å². The largest absolute Gasteiger partial charge is 0.308 e. The molecule has 0 bridgehead atoms. The van der Waals surface area contributed by atoms with Crippen molar-refractivity contribution in [2.24, 2.45) is 0 Å². The molecule has 4 heteroatoms. The van der Waals surface area contributed by atoms with Crippen molar-refractivity contribution in [2.45, 2.75) is 0 Å². The Hall–Kier alpha value is -7.01. The molecule has 0 aliphatic heterocycles. The van der Waals surface area contributed by atoms with Crippen molar-refractivity contribution >= 4 is 81.1 Å². The normalized spacial score (nSPS) is 11.7. The molecule has 0 atom stereocenters. The van der Waals surface area contributed by atoms with Crippen LogP contribution in [0.25, 0.3) is 80.7 Å². The van der Waals surface area contributed by atoms with Gasteiger partial charge in [0.05, 0.1) is 22.4 Å². The molecule has 56 heavy (non-hydrogen) atoms. The van der Waals surface area contributed by atoms with Gasteiger partial charge in [-0.15, -0.1) is 11.3 Å². The molecule has 0 aliphatic carbocycles. The summed E-state index contributed by atoms with van der Waals surface area (Å²) in [4.78, 5) is 2.32. The number of fused-ring (bicyclic) bond motifs is 7. The fourth-order valence-corrected chi connectivity index (χ4v) is 9.68. The van der Waals surface area contributed by atoms with Crippen molar-refractivity contribution in [3.63, 3.8) is 0 Å². The standard InChI is InChI=1S/C52H33FN2S/c53-45-17-10-21-49-51(45)44-14-3-5-18-46(44)55(49)48-20-7-6-19-47(48)54(39-29-25-35(26-30-39)38-24-23-34-11-1-2-12-37(34)33-38)40-31-27-36(28-32-40)41-15-9-16-43-42-13-4-8-22-50(42)56-52(41)43/h1-33H. The number of anilines is 3. The van der Waals surface area contributed by atoms with Crippen molar-refractivity contribution in [3.05, 3.63) is 206 Å². The zero-order valence-electron chi connectivity index (χ0n) is 30.2. The van der Waals surface area contributed by atoms with Crippen LogP contribution in [0.2, 0.25) is 0 Å². The second-order valence-corrected chi connectivity index (χ2v) is 15.3. The van der Waals surface area contributed by atoms with E-state index in [-0.39, 0.29) is 5.82 Å². The van der Waals surface area contributed by atoms with Gasteiger partial charge in [0, 0.05) is 42.3 Å². The number of para-hydroxylation sites is 3. The maximum absolute atomic E-state index is 15.6. The van der Waals surface area contributed by atoms with Crippen molar-refractivity contribution in [1.29, 1.82) is 0 Å². The second-order valence-electron chi connectivity index (χ2n) is 14.2. The van der Waals surface area contributed by atoms with Gasteiger partial charge in [-0.2, -0.15) is 0 Å². The summed E-state index contributed by atoms with van der Waals surface area (Å²) >= 11 is 1.85. The molecular formula is C52H33FN2S. The molecule has 2 heterocycles. The summed E-state index contributed by atoms with van der Waals surface area (Å²) in [5, 5.41) is 6.55. The quantitative estimate of drug-likeness (QED) is 0.165. The predicted octanol–water partition coefficient (Wildman–Crippen LogP) is 15.2. The molecule has 0 saturated heterocycles. The molecule has 0 unspecified atom stereocenters. The number of halogens is 1. The third-order valence-corrected chi connectivity index (χ3v) is 12.3. The van der Waals surface area contributed by atoms with Crippen LogP contribution < -0.4 is 4.90 Å². The van der Waals surface area contributed by atoms with Crippen LogP contribution in [0.15, 0.2) is 200 Å². The van der Waals surface area contributed by atoms with E-state index in [1.165, 1.54) is 47.6 Å². The second kappa shape index (κ2) is 13.1. The highest BCUT2D eigenvalue weighted by Crippen LogP contribution is 2.44. The first-order valence-electron chi connectivity index (χ1n) is 18.9. The Morgan fingerprint density at radius 3 is 1.91 bits per heavy atom. The molecule has 264 valence electrons. The van der Waals surface area contributed by atoms with Gasteiger partial charge in [-0.1, -0.05) is 133 Å². The molecule has 2 aromatic heterocycles. The van der Waals surface area contributed by atoms with Gasteiger partial charge in [0.1, 0.15) is 5.82 Å². The van der Waals surface area contributed by atoms with Gasteiger partial charge in [-0.05, 0) is 99.8 Å². The number of rotatable bonds is 6. The van der Waals surface area contributed by atoms with Crippen LogP contribution in [0.3, 0.4) is 0 Å². The lowest BCUT2D eigenvalue weighted by atomic mass is 10.0. The van der Waals surface area contributed by atoms with Crippen LogP contribution >= 0.6 is 11.3 Å². The maximum Gasteiger partial charge on any atom is 0.133 e. The van der Waals surface area contributed by atoms with Crippen LogP contribution in [0.1, 0.15) is 0 Å². The number of benzene rings is 9. The Morgan fingerprint density at radius 1 is 0.446 bits per heavy atom. The van der Waals surface area contributed by atoms with Crippen molar-refractivity contribution in [1.82, 2.24) is 4.57 Å². The summed E-state index contributed by atoms with van der Waals surface area (Å²) in [6, 6.07) is 70.1. The molecule has 11 rings (SSSR count). The van der Waals surface area contributed by atoms with E-state index in [4.69, 9.17) is 0 Å². The molecule has 0 radical (unpaired) electrons. The lowest BCUT2D eigenvalue weighted by Gasteiger charge is -2.28. The SMILES string of the molecule is Fc1cccc2c1c1ccccc1n2-c1ccccc1N(c1ccc(-c2ccc3ccccc3c2)cc1)c1ccc(-c2cccc3c2sc2ccccc23)cc1. The summed E-state index contributed by atoms with van der Waals surface area (Å²) in [6.07, 6.45) is 0. The molecule has 0 amide bonds. The topological polar surface area (TPSA) is 8.17 Å². The molecule has 0 saturated carbocycles. The number of hydrogen-bond donors (Lipinski definition) is 0. The lowest BCUT2D eigenvalue weighted by molar-refractivity contribution is 0.640. The summed E-state index contributed by atoms with van der Waals surface area (Å²) in [6.45, 7) is 0. The Kier molecular flexibility index (Phi) is 7.58. The van der Waals surface area contributed by atoms with E-state index in [2.05, 4.69) is 173 Å². The zero-order chi connectivity index (χ0) is 37.2. The molecule has 9 aromatic carbocycles. The van der Waals surface area contributed by atoms with E-state index >= 15 is 4.39 Å². The monoisotopic (exact) mass is 736 g/mol. The average Bonchev–Trinajstić information content (AvgIpc) is 3.81. The van der Waals surface area contributed by atoms with Gasteiger partial charge in [-0.25, -0.2) is 4.39 Å². The highest BCUT2D eigenvalue weighted by Gasteiger charge is 2.22. The van der Waals surface area contributed by atoms with Crippen LogP contribution in [-0.4, -0.2) is 4.57 Å². The molecule has 0 spiro atoms. The maximum atomic E-state index is 15.6. The summed E-state index contributed by atoms with van der Waals surface area (Å²) in [5.74, 6) is -0.222. The summed E-state index contributed by atoms with van der Waals surface area (Å²) in [5.41, 5.74) is 10.5. The fraction of sp³-hybridized carbons (Fsp3) is 0. The molecular weight excluding hydrogens is 704 g/mol. The van der Waals surface area contributed by atoms with E-state index in [9.17, 15) is 0 Å². The predicted molar refractivity (Wildman–Crippen MR) is 237 cm³/mol. The van der Waals surface area contributed by atoms with E-state index in [1.807, 2.05) is 35.6 Å². The fourth-order valence-electron chi connectivity index (χ4n) is 8.44. The number of hydrogen-bond acceptors (Lipinski definition) is 2. The van der Waals surface area contributed by atoms with Crippen LogP contribution in [-0.2, 0) is 0 Å². The van der Waals surface area contributed by atoms with E-state index in [0.29, 0.717) is 5.39 Å². The first-order valence-corrected chi connectivity index (χ1v) is 19.7. The van der Waals surface area contributed by atoms with Gasteiger partial charge in [0.15, 0.2) is 0 Å². The Morgan fingerprint density at radius 2 is 1.07 bits per heavy atom. The first kappa shape index (κ1) is 32.4. The minimum Gasteiger partial charge on any atom is -0.308 e. The summed E-state index contributed by atoms with van der Waals surface area (Å²) < 4.78 is 20.4. The summed E-state index contributed by atoms with van der Waals surface area (Å²) in [7, 11) is 0. The molecule has 0 aliphatic rings.